The molecule has 118 valence electrons. The van der Waals surface area contributed by atoms with Gasteiger partial charge in [-0.15, -0.1) is 0 Å². The molecule has 0 N–H and O–H groups in total. The van der Waals surface area contributed by atoms with Gasteiger partial charge < -0.3 is 14.4 Å². The highest BCUT2D eigenvalue weighted by atomic mass is 16.2. The van der Waals surface area contributed by atoms with E-state index in [4.69, 9.17) is 0 Å². The molecule has 0 spiro atoms. The lowest BCUT2D eigenvalue weighted by Gasteiger charge is -2.36. The van der Waals surface area contributed by atoms with E-state index in [1.165, 1.54) is 0 Å². The fourth-order valence-corrected chi connectivity index (χ4v) is 3.13. The molecular formula is C16H28N4O. The summed E-state index contributed by atoms with van der Waals surface area (Å²) in [5.41, 5.74) is 0. The Morgan fingerprint density at radius 1 is 1.43 bits per heavy atom. The van der Waals surface area contributed by atoms with Gasteiger partial charge in [-0.25, -0.2) is 9.78 Å². The van der Waals surface area contributed by atoms with Crippen LogP contribution in [0.4, 0.5) is 4.79 Å². The number of carbonyl (C=O) groups excluding carboxylic acids is 1. The number of aromatic nitrogens is 2. The maximum absolute atomic E-state index is 12.5. The van der Waals surface area contributed by atoms with Gasteiger partial charge >= 0.3 is 6.03 Å². The minimum atomic E-state index is 0.173. The second kappa shape index (κ2) is 6.96. The Morgan fingerprint density at radius 3 is 2.76 bits per heavy atom. The van der Waals surface area contributed by atoms with E-state index in [1.54, 1.807) is 0 Å². The summed E-state index contributed by atoms with van der Waals surface area (Å²) in [7, 11) is 0. The zero-order valence-electron chi connectivity index (χ0n) is 13.7. The molecule has 1 aromatic heterocycles. The van der Waals surface area contributed by atoms with E-state index in [-0.39, 0.29) is 6.03 Å². The molecule has 5 heteroatoms. The molecular weight excluding hydrogens is 264 g/mol. The van der Waals surface area contributed by atoms with Gasteiger partial charge in [0.15, 0.2) is 0 Å². The summed E-state index contributed by atoms with van der Waals surface area (Å²) in [5.74, 6) is 1.48. The van der Waals surface area contributed by atoms with E-state index >= 15 is 0 Å². The molecule has 21 heavy (non-hydrogen) atoms. The molecule has 1 aliphatic rings. The second-order valence-corrected chi connectivity index (χ2v) is 6.03. The van der Waals surface area contributed by atoms with Crippen LogP contribution in [-0.4, -0.2) is 51.6 Å². The largest absolute Gasteiger partial charge is 0.332 e. The van der Waals surface area contributed by atoms with Crippen molar-refractivity contribution in [1.29, 1.82) is 0 Å². The normalized spacial score (nSPS) is 19.1. The Labute approximate surface area is 127 Å². The summed E-state index contributed by atoms with van der Waals surface area (Å²) in [4.78, 5) is 21.0. The molecule has 0 aromatic carbocycles. The molecule has 5 nitrogen and oxygen atoms in total. The van der Waals surface area contributed by atoms with Crippen LogP contribution in [0.1, 0.15) is 58.3 Å². The monoisotopic (exact) mass is 292 g/mol. The molecule has 2 heterocycles. The van der Waals surface area contributed by atoms with Gasteiger partial charge in [-0.3, -0.25) is 0 Å². The van der Waals surface area contributed by atoms with Gasteiger partial charge in [0, 0.05) is 50.5 Å². The minimum Gasteiger partial charge on any atom is -0.332 e. The number of hydrogen-bond donors (Lipinski definition) is 0. The molecule has 2 amide bonds. The third-order valence-electron chi connectivity index (χ3n) is 4.35. The molecule has 1 fully saturated rings. The van der Waals surface area contributed by atoms with Crippen molar-refractivity contribution >= 4 is 6.03 Å². The van der Waals surface area contributed by atoms with E-state index < -0.39 is 0 Å². The first-order valence-corrected chi connectivity index (χ1v) is 8.15. The fourth-order valence-electron chi connectivity index (χ4n) is 3.13. The number of rotatable bonds is 4. The molecule has 0 bridgehead atoms. The van der Waals surface area contributed by atoms with E-state index in [0.717, 1.165) is 44.8 Å². The number of carbonyl (C=O) groups is 1. The first kappa shape index (κ1) is 15.9. The Morgan fingerprint density at radius 2 is 2.14 bits per heavy atom. The summed E-state index contributed by atoms with van der Waals surface area (Å²) >= 11 is 0. The Balaban J connectivity index is 2.10. The molecule has 0 unspecified atom stereocenters. The van der Waals surface area contributed by atoms with Gasteiger partial charge in [-0.05, 0) is 40.5 Å². The molecule has 0 aliphatic carbocycles. The molecule has 0 radical (unpaired) electrons. The van der Waals surface area contributed by atoms with E-state index in [0.29, 0.717) is 12.0 Å². The summed E-state index contributed by atoms with van der Waals surface area (Å²) in [6, 6.07) is 0.587. The maximum atomic E-state index is 12.5. The lowest BCUT2D eigenvalue weighted by atomic mass is 9.97. The average Bonchev–Trinajstić information content (AvgIpc) is 2.98. The highest BCUT2D eigenvalue weighted by Gasteiger charge is 2.29. The summed E-state index contributed by atoms with van der Waals surface area (Å²) in [6.45, 7) is 11.6. The predicted octanol–water partition coefficient (Wildman–Crippen LogP) is 3.11. The van der Waals surface area contributed by atoms with Gasteiger partial charge in [-0.2, -0.15) is 0 Å². The quantitative estimate of drug-likeness (QED) is 0.855. The van der Waals surface area contributed by atoms with Crippen molar-refractivity contribution in [2.24, 2.45) is 0 Å². The van der Waals surface area contributed by atoms with Crippen LogP contribution in [-0.2, 0) is 0 Å². The molecule has 1 saturated heterocycles. The average molecular weight is 292 g/mol. The van der Waals surface area contributed by atoms with Crippen molar-refractivity contribution in [3.63, 3.8) is 0 Å². The van der Waals surface area contributed by atoms with Crippen molar-refractivity contribution in [3.05, 3.63) is 18.2 Å². The topological polar surface area (TPSA) is 41.4 Å². The number of piperidine rings is 1. The number of nitrogens with zero attached hydrogens (tertiary/aromatic N) is 4. The number of urea groups is 1. The lowest BCUT2D eigenvalue weighted by molar-refractivity contribution is 0.141. The first-order chi connectivity index (χ1) is 10.1. The maximum Gasteiger partial charge on any atom is 0.320 e. The van der Waals surface area contributed by atoms with E-state index in [2.05, 4.69) is 23.4 Å². The van der Waals surface area contributed by atoms with Gasteiger partial charge in [-0.1, -0.05) is 0 Å². The van der Waals surface area contributed by atoms with Crippen LogP contribution < -0.4 is 0 Å². The van der Waals surface area contributed by atoms with Crippen LogP contribution in [0.15, 0.2) is 12.4 Å². The second-order valence-electron chi connectivity index (χ2n) is 6.03. The molecule has 1 aliphatic heterocycles. The van der Waals surface area contributed by atoms with Crippen molar-refractivity contribution in [1.82, 2.24) is 19.4 Å². The minimum absolute atomic E-state index is 0.173. The van der Waals surface area contributed by atoms with Crippen LogP contribution in [0, 0.1) is 0 Å². The molecule has 1 aromatic rings. The lowest BCUT2D eigenvalue weighted by Crippen LogP contribution is -2.47. The highest BCUT2D eigenvalue weighted by molar-refractivity contribution is 5.74. The van der Waals surface area contributed by atoms with Crippen LogP contribution in [0.5, 0.6) is 0 Å². The molecule has 0 saturated carbocycles. The van der Waals surface area contributed by atoms with Crippen molar-refractivity contribution in [3.8, 4) is 0 Å². The number of likely N-dealkylation sites (tertiary alicyclic amines) is 1. The van der Waals surface area contributed by atoms with Crippen LogP contribution in [0.3, 0.4) is 0 Å². The standard InChI is InChI=1S/C16H28N4O/c1-5-18(6-2)16(21)19-10-7-8-14(12-19)15-17-9-11-20(15)13(3)4/h9,11,13-14H,5-8,10,12H2,1-4H3/t14-/m1/s1. The zero-order valence-corrected chi connectivity index (χ0v) is 13.7. The van der Waals surface area contributed by atoms with Gasteiger partial charge in [0.1, 0.15) is 5.82 Å². The van der Waals surface area contributed by atoms with Crippen LogP contribution in [0.2, 0.25) is 0 Å². The summed E-state index contributed by atoms with van der Waals surface area (Å²) in [6.07, 6.45) is 6.10. The number of imidazole rings is 1. The third kappa shape index (κ3) is 3.39. The SMILES string of the molecule is CCN(CC)C(=O)N1CCC[C@@H](c2nccn2C(C)C)C1. The van der Waals surface area contributed by atoms with E-state index in [1.807, 2.05) is 36.0 Å². The molecule has 1 atom stereocenters. The summed E-state index contributed by atoms with van der Waals surface area (Å²) < 4.78 is 2.23. The van der Waals surface area contributed by atoms with E-state index in [9.17, 15) is 4.79 Å². The Bertz CT molecular complexity index is 465. The van der Waals surface area contributed by atoms with Gasteiger partial charge in [0.25, 0.3) is 0 Å². The van der Waals surface area contributed by atoms with Gasteiger partial charge in [0.05, 0.1) is 0 Å². The molecule has 2 rings (SSSR count). The zero-order chi connectivity index (χ0) is 15.4. The van der Waals surface area contributed by atoms with Crippen molar-refractivity contribution in [2.75, 3.05) is 26.2 Å². The first-order valence-electron chi connectivity index (χ1n) is 8.15. The number of amides is 2. The highest BCUT2D eigenvalue weighted by Crippen LogP contribution is 2.27. The van der Waals surface area contributed by atoms with Crippen molar-refractivity contribution < 1.29 is 4.79 Å². The van der Waals surface area contributed by atoms with Crippen molar-refractivity contribution in [2.45, 2.75) is 52.5 Å². The Kier molecular flexibility index (Phi) is 5.26. The third-order valence-corrected chi connectivity index (χ3v) is 4.35. The predicted molar refractivity (Wildman–Crippen MR) is 84.5 cm³/mol. The van der Waals surface area contributed by atoms with Crippen LogP contribution >= 0.6 is 0 Å². The Hall–Kier alpha value is -1.52. The van der Waals surface area contributed by atoms with Crippen LogP contribution in [0.25, 0.3) is 0 Å². The smallest absolute Gasteiger partial charge is 0.320 e. The fraction of sp³-hybridized carbons (Fsp3) is 0.750. The summed E-state index contributed by atoms with van der Waals surface area (Å²) in [5, 5.41) is 0. The van der Waals surface area contributed by atoms with Gasteiger partial charge in [0.2, 0.25) is 0 Å². The number of hydrogen-bond acceptors (Lipinski definition) is 2.